The van der Waals surface area contributed by atoms with E-state index in [4.69, 9.17) is 0 Å². The lowest BCUT2D eigenvalue weighted by atomic mass is 10.0. The Kier molecular flexibility index (Phi) is 2.76. The fourth-order valence-electron chi connectivity index (χ4n) is 1.01. The first-order valence-electron chi connectivity index (χ1n) is 4.03. The van der Waals surface area contributed by atoms with E-state index in [9.17, 15) is 13.6 Å². The van der Waals surface area contributed by atoms with E-state index in [0.29, 0.717) is 11.8 Å². The average Bonchev–Trinajstić information content (AvgIpc) is 2.18. The minimum Gasteiger partial charge on any atom is -0.298 e. The summed E-state index contributed by atoms with van der Waals surface area (Å²) in [5, 5.41) is 0. The van der Waals surface area contributed by atoms with Gasteiger partial charge in [-0.3, -0.25) is 4.79 Å². The first-order chi connectivity index (χ1) is 6.10. The molecular weight excluding hydrogens is 174 g/mol. The molecule has 0 saturated heterocycles. The highest BCUT2D eigenvalue weighted by molar-refractivity contribution is 5.74. The van der Waals surface area contributed by atoms with Crippen LogP contribution in [-0.2, 0) is 5.92 Å². The van der Waals surface area contributed by atoms with Crippen molar-refractivity contribution in [3.8, 4) is 0 Å². The molecule has 0 N–H and O–H groups in total. The van der Waals surface area contributed by atoms with Gasteiger partial charge in [0.1, 0.15) is 6.29 Å². The third kappa shape index (κ3) is 2.11. The van der Waals surface area contributed by atoms with E-state index in [1.807, 2.05) is 0 Å². The number of hydrogen-bond acceptors (Lipinski definition) is 1. The number of aldehydes is 1. The van der Waals surface area contributed by atoms with Gasteiger partial charge in [0.25, 0.3) is 5.92 Å². The Morgan fingerprint density at radius 1 is 1.31 bits per heavy atom. The molecule has 0 aliphatic carbocycles. The first-order valence-corrected chi connectivity index (χ1v) is 4.03. The van der Waals surface area contributed by atoms with Crippen LogP contribution in [0.2, 0.25) is 0 Å². The van der Waals surface area contributed by atoms with Crippen molar-refractivity contribution in [3.63, 3.8) is 0 Å². The monoisotopic (exact) mass is 184 g/mol. The highest BCUT2D eigenvalue weighted by Gasteiger charge is 2.28. The van der Waals surface area contributed by atoms with Gasteiger partial charge in [-0.1, -0.05) is 31.2 Å². The average molecular weight is 184 g/mol. The van der Waals surface area contributed by atoms with Crippen LogP contribution in [0.3, 0.4) is 0 Å². The van der Waals surface area contributed by atoms with Crippen LogP contribution in [0.1, 0.15) is 29.3 Å². The Morgan fingerprint density at radius 2 is 1.85 bits per heavy atom. The maximum Gasteiger partial charge on any atom is 0.273 e. The van der Waals surface area contributed by atoms with E-state index in [0.717, 1.165) is 0 Å². The molecule has 0 aromatic heterocycles. The van der Waals surface area contributed by atoms with Crippen molar-refractivity contribution in [1.82, 2.24) is 0 Å². The summed E-state index contributed by atoms with van der Waals surface area (Å²) in [6.45, 7) is 1.42. The van der Waals surface area contributed by atoms with Crippen molar-refractivity contribution in [1.29, 1.82) is 0 Å². The second-order valence-electron chi connectivity index (χ2n) is 2.80. The standard InChI is InChI=1S/C10H10F2O/c1-2-10(11,12)9-5-3-8(7-13)4-6-9/h3-7H,2H2,1H3. The normalized spacial score (nSPS) is 11.3. The third-order valence-corrected chi connectivity index (χ3v) is 1.91. The molecule has 0 bridgehead atoms. The maximum absolute atomic E-state index is 13.0. The van der Waals surface area contributed by atoms with Gasteiger partial charge in [-0.15, -0.1) is 0 Å². The summed E-state index contributed by atoms with van der Waals surface area (Å²) in [5.41, 5.74) is 0.372. The number of rotatable bonds is 3. The maximum atomic E-state index is 13.0. The lowest BCUT2D eigenvalue weighted by molar-refractivity contribution is -0.00830. The number of halogens is 2. The van der Waals surface area contributed by atoms with Crippen molar-refractivity contribution < 1.29 is 13.6 Å². The number of carbonyl (C=O) groups excluding carboxylic acids is 1. The van der Waals surface area contributed by atoms with Crippen LogP contribution in [0, 0.1) is 0 Å². The molecule has 0 aliphatic heterocycles. The molecule has 0 atom stereocenters. The van der Waals surface area contributed by atoms with Gasteiger partial charge >= 0.3 is 0 Å². The molecule has 0 saturated carbocycles. The first kappa shape index (κ1) is 9.84. The van der Waals surface area contributed by atoms with Gasteiger partial charge in [-0.25, -0.2) is 8.78 Å². The Hall–Kier alpha value is -1.25. The number of hydrogen-bond donors (Lipinski definition) is 0. The van der Waals surface area contributed by atoms with Crippen LogP contribution in [0.4, 0.5) is 8.78 Å². The molecule has 0 aliphatic rings. The zero-order valence-electron chi connectivity index (χ0n) is 7.26. The lowest BCUT2D eigenvalue weighted by Gasteiger charge is -2.13. The van der Waals surface area contributed by atoms with Crippen LogP contribution >= 0.6 is 0 Å². The van der Waals surface area contributed by atoms with Crippen LogP contribution in [0.5, 0.6) is 0 Å². The van der Waals surface area contributed by atoms with E-state index in [-0.39, 0.29) is 12.0 Å². The number of benzene rings is 1. The molecule has 1 aromatic carbocycles. The fraction of sp³-hybridized carbons (Fsp3) is 0.300. The van der Waals surface area contributed by atoms with Crippen LogP contribution in [0.25, 0.3) is 0 Å². The van der Waals surface area contributed by atoms with E-state index < -0.39 is 5.92 Å². The summed E-state index contributed by atoms with van der Waals surface area (Å²) < 4.78 is 26.1. The van der Waals surface area contributed by atoms with E-state index in [2.05, 4.69) is 0 Å². The van der Waals surface area contributed by atoms with Crippen molar-refractivity contribution in [2.75, 3.05) is 0 Å². The zero-order valence-corrected chi connectivity index (χ0v) is 7.26. The number of alkyl halides is 2. The molecule has 1 aromatic rings. The van der Waals surface area contributed by atoms with Crippen LogP contribution in [-0.4, -0.2) is 6.29 Å². The SMILES string of the molecule is CCC(F)(F)c1ccc(C=O)cc1. The smallest absolute Gasteiger partial charge is 0.273 e. The molecular formula is C10H10F2O. The highest BCUT2D eigenvalue weighted by Crippen LogP contribution is 2.30. The molecule has 0 heterocycles. The van der Waals surface area contributed by atoms with Gasteiger partial charge in [0.2, 0.25) is 0 Å². The zero-order chi connectivity index (χ0) is 9.90. The predicted molar refractivity (Wildman–Crippen MR) is 46.0 cm³/mol. The van der Waals surface area contributed by atoms with Crippen LogP contribution in [0.15, 0.2) is 24.3 Å². The van der Waals surface area contributed by atoms with Gasteiger partial charge in [-0.2, -0.15) is 0 Å². The molecule has 13 heavy (non-hydrogen) atoms. The lowest BCUT2D eigenvalue weighted by Crippen LogP contribution is -2.11. The van der Waals surface area contributed by atoms with E-state index >= 15 is 0 Å². The summed E-state index contributed by atoms with van der Waals surface area (Å²) in [7, 11) is 0. The Labute approximate surface area is 75.4 Å². The summed E-state index contributed by atoms with van der Waals surface area (Å²) >= 11 is 0. The van der Waals surface area contributed by atoms with Crippen molar-refractivity contribution in [2.45, 2.75) is 19.3 Å². The molecule has 1 nitrogen and oxygen atoms in total. The Bertz CT molecular complexity index is 290. The molecule has 3 heteroatoms. The van der Waals surface area contributed by atoms with Crippen molar-refractivity contribution in [2.24, 2.45) is 0 Å². The molecule has 0 unspecified atom stereocenters. The molecule has 1 rings (SSSR count). The predicted octanol–water partition coefficient (Wildman–Crippen LogP) is 3.00. The molecule has 0 amide bonds. The largest absolute Gasteiger partial charge is 0.298 e. The van der Waals surface area contributed by atoms with Gasteiger partial charge in [-0.05, 0) is 0 Å². The summed E-state index contributed by atoms with van der Waals surface area (Å²) in [5.74, 6) is -2.79. The second-order valence-corrected chi connectivity index (χ2v) is 2.80. The Morgan fingerprint density at radius 3 is 2.23 bits per heavy atom. The molecule has 70 valence electrons. The second kappa shape index (κ2) is 3.64. The number of carbonyl (C=O) groups is 1. The van der Waals surface area contributed by atoms with E-state index in [1.165, 1.54) is 31.2 Å². The van der Waals surface area contributed by atoms with Gasteiger partial charge < -0.3 is 0 Å². The minimum absolute atomic E-state index is 0.0411. The molecule has 0 spiro atoms. The summed E-state index contributed by atoms with van der Waals surface area (Å²) in [6, 6.07) is 5.36. The fourth-order valence-corrected chi connectivity index (χ4v) is 1.01. The quantitative estimate of drug-likeness (QED) is 0.660. The summed E-state index contributed by atoms with van der Waals surface area (Å²) in [4.78, 5) is 10.2. The van der Waals surface area contributed by atoms with Gasteiger partial charge in [0.05, 0.1) is 0 Å². The topological polar surface area (TPSA) is 17.1 Å². The van der Waals surface area contributed by atoms with Crippen LogP contribution < -0.4 is 0 Å². The van der Waals surface area contributed by atoms with Crippen molar-refractivity contribution >= 4 is 6.29 Å². The van der Waals surface area contributed by atoms with E-state index in [1.54, 1.807) is 0 Å². The van der Waals surface area contributed by atoms with Gasteiger partial charge in [0.15, 0.2) is 0 Å². The summed E-state index contributed by atoms with van der Waals surface area (Å²) in [6.07, 6.45) is 0.404. The highest BCUT2D eigenvalue weighted by atomic mass is 19.3. The van der Waals surface area contributed by atoms with Crippen molar-refractivity contribution in [3.05, 3.63) is 35.4 Å². The Balaban J connectivity index is 2.98. The minimum atomic E-state index is -2.79. The third-order valence-electron chi connectivity index (χ3n) is 1.91. The molecule has 0 radical (unpaired) electrons. The van der Waals surface area contributed by atoms with Gasteiger partial charge in [0, 0.05) is 17.5 Å². The molecule has 0 fully saturated rings.